The fraction of sp³-hybridized carbons (Fsp3) is 0.444. The summed E-state index contributed by atoms with van der Waals surface area (Å²) in [5.74, 6) is 0.290. The van der Waals surface area contributed by atoms with Crippen molar-refractivity contribution in [2.45, 2.75) is 39.3 Å². The van der Waals surface area contributed by atoms with Crippen LogP contribution in [0.25, 0.3) is 0 Å². The molecule has 2 aliphatic heterocycles. The van der Waals surface area contributed by atoms with Crippen LogP contribution in [0, 0.1) is 16.0 Å². The lowest BCUT2D eigenvalue weighted by Crippen LogP contribution is -2.58. The first-order valence-corrected chi connectivity index (χ1v) is 9.55. The lowest BCUT2D eigenvalue weighted by molar-refractivity contribution is -0.384. The minimum atomic E-state index is -0.510. The van der Waals surface area contributed by atoms with Crippen molar-refractivity contribution in [2.24, 2.45) is 5.92 Å². The van der Waals surface area contributed by atoms with Gasteiger partial charge in [0.15, 0.2) is 0 Å². The second-order valence-electron chi connectivity index (χ2n) is 6.20. The SMILES string of the molecule is CCSC1=C(C(=O)OCc2ccc([N+](=O)[O-])cc2)N2C(=O)[C@H](CC)[C@H]2C1. The molecule has 1 saturated heterocycles. The number of hydrogen-bond donors (Lipinski definition) is 0. The Hall–Kier alpha value is -2.35. The molecule has 8 heteroatoms. The third-order valence-electron chi connectivity index (χ3n) is 4.72. The van der Waals surface area contributed by atoms with Gasteiger partial charge < -0.3 is 9.64 Å². The maximum absolute atomic E-state index is 12.6. The quantitative estimate of drug-likeness (QED) is 0.314. The molecule has 0 aliphatic carbocycles. The highest BCUT2D eigenvalue weighted by atomic mass is 32.2. The molecule has 2 atom stereocenters. The van der Waals surface area contributed by atoms with Crippen LogP contribution in [0.2, 0.25) is 0 Å². The van der Waals surface area contributed by atoms with Gasteiger partial charge in [-0.15, -0.1) is 11.8 Å². The number of β-lactam (4-membered cyclic amide) rings is 1. The molecule has 138 valence electrons. The Bertz CT molecular complexity index is 774. The molecule has 0 aromatic heterocycles. The Morgan fingerprint density at radius 1 is 1.35 bits per heavy atom. The van der Waals surface area contributed by atoms with Gasteiger partial charge in [-0.3, -0.25) is 14.9 Å². The minimum Gasteiger partial charge on any atom is -0.456 e. The van der Waals surface area contributed by atoms with E-state index in [4.69, 9.17) is 4.74 Å². The van der Waals surface area contributed by atoms with Gasteiger partial charge in [0.25, 0.3) is 5.69 Å². The Morgan fingerprint density at radius 3 is 2.62 bits per heavy atom. The number of thioether (sulfide) groups is 1. The summed E-state index contributed by atoms with van der Waals surface area (Å²) in [5, 5.41) is 10.7. The van der Waals surface area contributed by atoms with Crippen LogP contribution in [0.5, 0.6) is 0 Å². The van der Waals surface area contributed by atoms with Gasteiger partial charge in [-0.1, -0.05) is 13.8 Å². The number of nitro groups is 1. The van der Waals surface area contributed by atoms with Crippen molar-refractivity contribution in [2.75, 3.05) is 5.75 Å². The molecule has 0 N–H and O–H groups in total. The predicted molar refractivity (Wildman–Crippen MR) is 97.1 cm³/mol. The lowest BCUT2D eigenvalue weighted by atomic mass is 9.85. The van der Waals surface area contributed by atoms with Crippen molar-refractivity contribution >= 4 is 29.3 Å². The zero-order chi connectivity index (χ0) is 18.8. The van der Waals surface area contributed by atoms with E-state index in [1.807, 2.05) is 13.8 Å². The van der Waals surface area contributed by atoms with E-state index in [0.717, 1.165) is 17.1 Å². The third kappa shape index (κ3) is 3.21. The number of non-ortho nitro benzene ring substituents is 1. The van der Waals surface area contributed by atoms with E-state index in [2.05, 4.69) is 0 Å². The van der Waals surface area contributed by atoms with Gasteiger partial charge in [-0.2, -0.15) is 0 Å². The summed E-state index contributed by atoms with van der Waals surface area (Å²) >= 11 is 1.57. The lowest BCUT2D eigenvalue weighted by Gasteiger charge is -2.43. The number of benzene rings is 1. The van der Waals surface area contributed by atoms with Crippen molar-refractivity contribution in [3.05, 3.63) is 50.5 Å². The molecule has 0 radical (unpaired) electrons. The Balaban J connectivity index is 1.70. The number of carbonyl (C=O) groups is 2. The van der Waals surface area contributed by atoms with Crippen molar-refractivity contribution < 1.29 is 19.2 Å². The normalized spacial score (nSPS) is 21.5. The summed E-state index contributed by atoms with van der Waals surface area (Å²) in [5.41, 5.74) is 1.02. The molecule has 0 unspecified atom stereocenters. The second-order valence-corrected chi connectivity index (χ2v) is 7.56. The molecule has 7 nitrogen and oxygen atoms in total. The second kappa shape index (κ2) is 7.49. The fourth-order valence-corrected chi connectivity index (χ4v) is 4.38. The molecule has 0 spiro atoms. The van der Waals surface area contributed by atoms with Crippen LogP contribution in [-0.2, 0) is 20.9 Å². The largest absolute Gasteiger partial charge is 0.456 e. The highest BCUT2D eigenvalue weighted by molar-refractivity contribution is 8.03. The zero-order valence-electron chi connectivity index (χ0n) is 14.6. The molecule has 26 heavy (non-hydrogen) atoms. The standard InChI is InChI=1S/C18H20N2O5S/c1-3-13-14-9-15(26-4-2)16(19(14)17(13)21)18(22)25-10-11-5-7-12(8-6-11)20(23)24/h5-8,13-14H,3-4,9-10H2,1-2H3/t13-,14-/m1/s1. The van der Waals surface area contributed by atoms with Gasteiger partial charge in [0.2, 0.25) is 5.91 Å². The van der Waals surface area contributed by atoms with Crippen molar-refractivity contribution in [1.29, 1.82) is 0 Å². The first-order valence-electron chi connectivity index (χ1n) is 8.57. The van der Waals surface area contributed by atoms with Crippen LogP contribution >= 0.6 is 11.8 Å². The van der Waals surface area contributed by atoms with Gasteiger partial charge in [0, 0.05) is 23.5 Å². The van der Waals surface area contributed by atoms with E-state index < -0.39 is 10.9 Å². The number of esters is 1. The van der Waals surface area contributed by atoms with E-state index in [-0.39, 0.29) is 30.2 Å². The monoisotopic (exact) mass is 376 g/mol. The summed E-state index contributed by atoms with van der Waals surface area (Å²) in [4.78, 5) is 37.6. The van der Waals surface area contributed by atoms with Gasteiger partial charge in [0.05, 0.1) is 16.9 Å². The Labute approximate surface area is 155 Å². The Kier molecular flexibility index (Phi) is 5.31. The van der Waals surface area contributed by atoms with E-state index in [9.17, 15) is 19.7 Å². The number of carbonyl (C=O) groups excluding carboxylic acids is 2. The molecule has 2 heterocycles. The summed E-state index contributed by atoms with van der Waals surface area (Å²) in [6.07, 6.45) is 1.49. The van der Waals surface area contributed by atoms with Crippen LogP contribution in [-0.4, -0.2) is 33.5 Å². The molecular weight excluding hydrogens is 356 g/mol. The average Bonchev–Trinajstić information content (AvgIpc) is 2.95. The van der Waals surface area contributed by atoms with Crippen LogP contribution < -0.4 is 0 Å². The van der Waals surface area contributed by atoms with Gasteiger partial charge >= 0.3 is 5.97 Å². The predicted octanol–water partition coefficient (Wildman–Crippen LogP) is 3.24. The zero-order valence-corrected chi connectivity index (χ0v) is 15.5. The molecule has 0 bridgehead atoms. The number of nitro benzene ring substituents is 1. The molecule has 2 aliphatic rings. The van der Waals surface area contributed by atoms with Crippen LogP contribution in [0.1, 0.15) is 32.3 Å². The smallest absolute Gasteiger partial charge is 0.356 e. The Morgan fingerprint density at radius 2 is 2.04 bits per heavy atom. The third-order valence-corrected chi connectivity index (χ3v) is 5.72. The molecule has 1 aromatic rings. The van der Waals surface area contributed by atoms with E-state index in [0.29, 0.717) is 17.7 Å². The maximum atomic E-state index is 12.6. The van der Waals surface area contributed by atoms with Gasteiger partial charge in [-0.25, -0.2) is 4.79 Å². The van der Waals surface area contributed by atoms with Crippen LogP contribution in [0.3, 0.4) is 0 Å². The van der Waals surface area contributed by atoms with Crippen molar-refractivity contribution in [1.82, 2.24) is 4.90 Å². The van der Waals surface area contributed by atoms with Crippen molar-refractivity contribution in [3.8, 4) is 0 Å². The highest BCUT2D eigenvalue weighted by Gasteiger charge is 2.54. The molecule has 1 amide bonds. The summed E-state index contributed by atoms with van der Waals surface area (Å²) in [6, 6.07) is 5.93. The van der Waals surface area contributed by atoms with Gasteiger partial charge in [-0.05, 0) is 29.9 Å². The number of amides is 1. The van der Waals surface area contributed by atoms with E-state index >= 15 is 0 Å². The molecule has 1 aromatic carbocycles. The fourth-order valence-electron chi connectivity index (χ4n) is 3.43. The summed E-state index contributed by atoms with van der Waals surface area (Å²) < 4.78 is 5.38. The first kappa shape index (κ1) is 18.4. The van der Waals surface area contributed by atoms with Crippen molar-refractivity contribution in [3.63, 3.8) is 0 Å². The number of rotatable bonds is 7. The molecule has 0 saturated carbocycles. The van der Waals surface area contributed by atoms with Crippen LogP contribution in [0.15, 0.2) is 34.9 Å². The topological polar surface area (TPSA) is 89.8 Å². The number of nitrogens with zero attached hydrogens (tertiary/aromatic N) is 2. The first-order chi connectivity index (χ1) is 12.5. The minimum absolute atomic E-state index is 0.00788. The number of hydrogen-bond acceptors (Lipinski definition) is 6. The molecule has 1 fully saturated rings. The summed E-state index contributed by atoms with van der Waals surface area (Å²) in [7, 11) is 0. The highest BCUT2D eigenvalue weighted by Crippen LogP contribution is 2.47. The molecular formula is C18H20N2O5S. The maximum Gasteiger partial charge on any atom is 0.356 e. The summed E-state index contributed by atoms with van der Waals surface area (Å²) in [6.45, 7) is 4.00. The van der Waals surface area contributed by atoms with E-state index in [1.54, 1.807) is 28.8 Å². The molecule has 3 rings (SSSR count). The van der Waals surface area contributed by atoms with Crippen LogP contribution in [0.4, 0.5) is 5.69 Å². The number of fused-ring (bicyclic) bond motifs is 1. The number of ether oxygens (including phenoxy) is 1. The average molecular weight is 376 g/mol. The van der Waals surface area contributed by atoms with Gasteiger partial charge in [0.1, 0.15) is 12.3 Å². The van der Waals surface area contributed by atoms with E-state index in [1.165, 1.54) is 12.1 Å².